The van der Waals surface area contributed by atoms with E-state index in [1.807, 2.05) is 18.4 Å². The normalized spacial score (nSPS) is 18.0. The molecule has 0 spiro atoms. The van der Waals surface area contributed by atoms with Gasteiger partial charge in [-0.3, -0.25) is 9.59 Å². The molecule has 0 saturated carbocycles. The second-order valence-corrected chi connectivity index (χ2v) is 6.37. The highest BCUT2D eigenvalue weighted by Gasteiger charge is 2.30. The van der Waals surface area contributed by atoms with E-state index < -0.39 is 0 Å². The number of hydrogen-bond donors (Lipinski definition) is 1. The molecule has 1 N–H and O–H groups in total. The molecular formula is C16H24N4O3. The lowest BCUT2D eigenvalue weighted by Crippen LogP contribution is -2.42. The highest BCUT2D eigenvalue weighted by molar-refractivity contribution is 5.97. The van der Waals surface area contributed by atoms with Gasteiger partial charge in [0.2, 0.25) is 0 Å². The lowest BCUT2D eigenvalue weighted by atomic mass is 10.1. The molecule has 2 aliphatic rings. The highest BCUT2D eigenvalue weighted by atomic mass is 16.5. The van der Waals surface area contributed by atoms with Crippen molar-refractivity contribution in [3.63, 3.8) is 0 Å². The maximum absolute atomic E-state index is 12.8. The molecule has 1 saturated heterocycles. The number of aromatic nitrogens is 2. The molecular weight excluding hydrogens is 296 g/mol. The summed E-state index contributed by atoms with van der Waals surface area (Å²) in [7, 11) is 0. The van der Waals surface area contributed by atoms with Crippen LogP contribution in [-0.2, 0) is 17.7 Å². The molecule has 126 valence electrons. The highest BCUT2D eigenvalue weighted by Crippen LogP contribution is 2.22. The van der Waals surface area contributed by atoms with Crippen molar-refractivity contribution in [3.8, 4) is 0 Å². The van der Waals surface area contributed by atoms with Crippen LogP contribution < -0.4 is 5.32 Å². The maximum Gasteiger partial charge on any atom is 0.290 e. The lowest BCUT2D eigenvalue weighted by molar-refractivity contribution is 0.0291. The first-order valence-corrected chi connectivity index (χ1v) is 8.35. The van der Waals surface area contributed by atoms with E-state index in [9.17, 15) is 9.59 Å². The quantitative estimate of drug-likeness (QED) is 0.895. The third-order valence-corrected chi connectivity index (χ3v) is 4.24. The molecule has 0 aromatic carbocycles. The summed E-state index contributed by atoms with van der Waals surface area (Å²) in [5.74, 6) is 0.113. The van der Waals surface area contributed by atoms with Crippen LogP contribution in [0.1, 0.15) is 53.5 Å². The van der Waals surface area contributed by atoms with Gasteiger partial charge >= 0.3 is 0 Å². The number of nitrogens with one attached hydrogen (secondary N) is 1. The predicted molar refractivity (Wildman–Crippen MR) is 84.5 cm³/mol. The van der Waals surface area contributed by atoms with Crippen LogP contribution in [0.3, 0.4) is 0 Å². The van der Waals surface area contributed by atoms with Crippen LogP contribution in [-0.4, -0.2) is 58.6 Å². The molecule has 0 radical (unpaired) electrons. The van der Waals surface area contributed by atoms with Crippen LogP contribution in [0.5, 0.6) is 0 Å². The number of hydrogen-bond acceptors (Lipinski definition) is 4. The molecule has 3 heterocycles. The Kier molecular flexibility index (Phi) is 4.66. The monoisotopic (exact) mass is 320 g/mol. The molecule has 1 fully saturated rings. The van der Waals surface area contributed by atoms with Crippen molar-refractivity contribution in [2.45, 2.75) is 45.7 Å². The van der Waals surface area contributed by atoms with Gasteiger partial charge in [-0.05, 0) is 33.1 Å². The van der Waals surface area contributed by atoms with Crippen LogP contribution in [0.15, 0.2) is 0 Å². The zero-order chi connectivity index (χ0) is 16.4. The van der Waals surface area contributed by atoms with Gasteiger partial charge in [0.1, 0.15) is 5.69 Å². The van der Waals surface area contributed by atoms with Gasteiger partial charge in [0.25, 0.3) is 11.8 Å². The molecule has 0 atom stereocenters. The minimum atomic E-state index is -0.188. The fourth-order valence-electron chi connectivity index (χ4n) is 3.13. The molecule has 0 unspecified atom stereocenters. The van der Waals surface area contributed by atoms with E-state index >= 15 is 0 Å². The summed E-state index contributed by atoms with van der Waals surface area (Å²) in [4.78, 5) is 31.4. The standard InChI is InChI=1S/C16H24N4O3/c1-11(2)17-15(21)13-12-5-3-4-6-20(12)14(18-13)16(22)19-7-9-23-10-8-19/h11H,3-10H2,1-2H3,(H,17,21). The van der Waals surface area contributed by atoms with Crippen molar-refractivity contribution in [1.29, 1.82) is 0 Å². The van der Waals surface area contributed by atoms with Gasteiger partial charge in [-0.2, -0.15) is 0 Å². The van der Waals surface area contributed by atoms with Crippen molar-refractivity contribution in [3.05, 3.63) is 17.2 Å². The largest absolute Gasteiger partial charge is 0.378 e. The lowest BCUT2D eigenvalue weighted by Gasteiger charge is -2.27. The second kappa shape index (κ2) is 6.70. The average Bonchev–Trinajstić information content (AvgIpc) is 2.94. The number of imidazole rings is 1. The summed E-state index contributed by atoms with van der Waals surface area (Å²) in [6.45, 7) is 6.85. The first-order chi connectivity index (χ1) is 11.1. The van der Waals surface area contributed by atoms with Crippen LogP contribution in [0.25, 0.3) is 0 Å². The number of ether oxygens (including phenoxy) is 1. The average molecular weight is 320 g/mol. The van der Waals surface area contributed by atoms with E-state index in [-0.39, 0.29) is 17.9 Å². The molecule has 0 bridgehead atoms. The van der Waals surface area contributed by atoms with Gasteiger partial charge in [0, 0.05) is 25.7 Å². The first-order valence-electron chi connectivity index (χ1n) is 8.35. The minimum absolute atomic E-state index is 0.0434. The Bertz CT molecular complexity index is 603. The summed E-state index contributed by atoms with van der Waals surface area (Å²) in [5, 5.41) is 2.88. The fourth-order valence-corrected chi connectivity index (χ4v) is 3.13. The molecule has 3 rings (SSSR count). The number of nitrogens with zero attached hydrogens (tertiary/aromatic N) is 3. The predicted octanol–water partition coefficient (Wildman–Crippen LogP) is 0.830. The molecule has 7 heteroatoms. The van der Waals surface area contributed by atoms with Crippen molar-refractivity contribution in [2.75, 3.05) is 26.3 Å². The molecule has 1 aromatic heterocycles. The van der Waals surface area contributed by atoms with E-state index in [0.29, 0.717) is 37.8 Å². The van der Waals surface area contributed by atoms with Crippen LogP contribution >= 0.6 is 0 Å². The van der Waals surface area contributed by atoms with Crippen LogP contribution in [0.2, 0.25) is 0 Å². The Morgan fingerprint density at radius 2 is 1.91 bits per heavy atom. The SMILES string of the molecule is CC(C)NC(=O)c1nc(C(=O)N2CCOCC2)n2c1CCCC2. The van der Waals surface area contributed by atoms with Crippen molar-refractivity contribution in [1.82, 2.24) is 19.8 Å². The number of rotatable bonds is 3. The Labute approximate surface area is 136 Å². The third kappa shape index (κ3) is 3.24. The first kappa shape index (κ1) is 16.0. The summed E-state index contributed by atoms with van der Waals surface area (Å²) in [5.41, 5.74) is 1.31. The number of amides is 2. The molecule has 23 heavy (non-hydrogen) atoms. The topological polar surface area (TPSA) is 76.5 Å². The van der Waals surface area contributed by atoms with Crippen molar-refractivity contribution in [2.24, 2.45) is 0 Å². The number of carbonyl (C=O) groups excluding carboxylic acids is 2. The van der Waals surface area contributed by atoms with E-state index in [1.165, 1.54) is 0 Å². The van der Waals surface area contributed by atoms with Crippen LogP contribution in [0, 0.1) is 0 Å². The molecule has 0 aliphatic carbocycles. The molecule has 7 nitrogen and oxygen atoms in total. The summed E-state index contributed by atoms with van der Waals surface area (Å²) in [6.07, 6.45) is 2.83. The van der Waals surface area contributed by atoms with Gasteiger partial charge in [-0.1, -0.05) is 0 Å². The van der Waals surface area contributed by atoms with Gasteiger partial charge in [0.15, 0.2) is 5.82 Å². The fraction of sp³-hybridized carbons (Fsp3) is 0.688. The summed E-state index contributed by atoms with van der Waals surface area (Å²) in [6, 6.07) is 0.0434. The van der Waals surface area contributed by atoms with E-state index in [2.05, 4.69) is 10.3 Å². The van der Waals surface area contributed by atoms with E-state index in [4.69, 9.17) is 4.74 Å². The minimum Gasteiger partial charge on any atom is -0.378 e. The van der Waals surface area contributed by atoms with E-state index in [0.717, 1.165) is 31.5 Å². The smallest absolute Gasteiger partial charge is 0.290 e. The Morgan fingerprint density at radius 1 is 1.17 bits per heavy atom. The number of carbonyl (C=O) groups is 2. The maximum atomic E-state index is 12.8. The molecule has 1 aromatic rings. The molecule has 2 amide bonds. The van der Waals surface area contributed by atoms with Gasteiger partial charge in [-0.25, -0.2) is 4.98 Å². The van der Waals surface area contributed by atoms with Crippen molar-refractivity contribution >= 4 is 11.8 Å². The zero-order valence-electron chi connectivity index (χ0n) is 13.8. The summed E-state index contributed by atoms with van der Waals surface area (Å²) < 4.78 is 7.24. The second-order valence-electron chi connectivity index (χ2n) is 6.37. The Hall–Kier alpha value is -1.89. The van der Waals surface area contributed by atoms with Gasteiger partial charge in [0.05, 0.1) is 18.9 Å². The zero-order valence-corrected chi connectivity index (χ0v) is 13.8. The Balaban J connectivity index is 1.92. The van der Waals surface area contributed by atoms with Gasteiger partial charge in [-0.15, -0.1) is 0 Å². The van der Waals surface area contributed by atoms with Gasteiger partial charge < -0.3 is 19.5 Å². The van der Waals surface area contributed by atoms with Crippen molar-refractivity contribution < 1.29 is 14.3 Å². The third-order valence-electron chi connectivity index (χ3n) is 4.24. The number of morpholine rings is 1. The van der Waals surface area contributed by atoms with Crippen LogP contribution in [0.4, 0.5) is 0 Å². The Morgan fingerprint density at radius 3 is 2.61 bits per heavy atom. The summed E-state index contributed by atoms with van der Waals surface area (Å²) >= 11 is 0. The molecule has 2 aliphatic heterocycles. The van der Waals surface area contributed by atoms with E-state index in [1.54, 1.807) is 4.90 Å². The number of fused-ring (bicyclic) bond motifs is 1.